The highest BCUT2D eigenvalue weighted by molar-refractivity contribution is 7.93. The van der Waals surface area contributed by atoms with Gasteiger partial charge in [-0.1, -0.05) is 18.2 Å². The van der Waals surface area contributed by atoms with Crippen LogP contribution in [-0.4, -0.2) is 82.8 Å². The minimum atomic E-state index is -4.58. The molecule has 0 amide bonds. The molecule has 1 saturated heterocycles. The highest BCUT2D eigenvalue weighted by Gasteiger charge is 2.31. The fraction of sp³-hybridized carbons (Fsp3) is 0.316. The summed E-state index contributed by atoms with van der Waals surface area (Å²) in [6.07, 6.45) is 0. The molecule has 1 aliphatic rings. The average molecular weight is 542 g/mol. The molecule has 1 aliphatic heterocycles. The Morgan fingerprint density at radius 1 is 1.06 bits per heavy atom. The predicted octanol–water partition coefficient (Wildman–Crippen LogP) is -0.852. The summed E-state index contributed by atoms with van der Waals surface area (Å²) in [7, 11) is -11.8. The number of nitrogens with one attached hydrogen (secondary N) is 1. The van der Waals surface area contributed by atoms with Crippen LogP contribution in [0.1, 0.15) is 0 Å². The van der Waals surface area contributed by atoms with Gasteiger partial charge in [0.15, 0.2) is 25.5 Å². The largest absolute Gasteiger partial charge is 0.369 e. The Hall–Kier alpha value is -2.92. The second-order valence-electron chi connectivity index (χ2n) is 7.91. The summed E-state index contributed by atoms with van der Waals surface area (Å²) in [5.41, 5.74) is 6.88. The fourth-order valence-electron chi connectivity index (χ4n) is 3.94. The van der Waals surface area contributed by atoms with Gasteiger partial charge in [-0.15, -0.1) is 5.10 Å². The van der Waals surface area contributed by atoms with Crippen molar-refractivity contribution in [2.24, 2.45) is 10.9 Å². The molecule has 2 heterocycles. The van der Waals surface area contributed by atoms with Crippen LogP contribution in [0.25, 0.3) is 22.5 Å². The molecule has 13 nitrogen and oxygen atoms in total. The monoisotopic (exact) mass is 541 g/mol. The zero-order valence-corrected chi connectivity index (χ0v) is 20.8. The fourth-order valence-corrected chi connectivity index (χ4v) is 7.90. The number of sulfone groups is 2. The van der Waals surface area contributed by atoms with Crippen molar-refractivity contribution in [2.75, 3.05) is 41.8 Å². The molecule has 0 atom stereocenters. The number of hydrogen-bond donors (Lipinski definition) is 3. The normalized spacial score (nSPS) is 16.3. The van der Waals surface area contributed by atoms with Crippen LogP contribution in [0, 0.1) is 0 Å². The van der Waals surface area contributed by atoms with Crippen molar-refractivity contribution in [3.8, 4) is 22.5 Å². The summed E-state index contributed by atoms with van der Waals surface area (Å²) in [6.45, 7) is 0.397. The van der Waals surface area contributed by atoms with Gasteiger partial charge in [0.1, 0.15) is 4.90 Å². The molecule has 16 heteroatoms. The maximum absolute atomic E-state index is 12.9. The molecule has 0 saturated carbocycles. The average Bonchev–Trinajstić information content (AvgIpc) is 3.32. The number of hydrogen-bond acceptors (Lipinski definition) is 11. The first-order chi connectivity index (χ1) is 16.4. The van der Waals surface area contributed by atoms with E-state index in [4.69, 9.17) is 10.9 Å². The first-order valence-corrected chi connectivity index (χ1v) is 15.4. The molecule has 35 heavy (non-hydrogen) atoms. The Balaban J connectivity index is 1.95. The van der Waals surface area contributed by atoms with Gasteiger partial charge in [0.2, 0.25) is 10.0 Å². The minimum Gasteiger partial charge on any atom is -0.369 e. The molecule has 1 aromatic heterocycles. The molecule has 0 spiro atoms. The quantitative estimate of drug-likeness (QED) is 0.335. The molecule has 0 aliphatic carbocycles. The Labute approximate surface area is 202 Å². The number of benzene rings is 2. The number of H-pyrrole nitrogens is 1. The van der Waals surface area contributed by atoms with Gasteiger partial charge in [-0.2, -0.15) is 0 Å². The minimum absolute atomic E-state index is 0.0233. The topological polar surface area (TPSA) is 212 Å². The lowest BCUT2D eigenvalue weighted by Gasteiger charge is -2.29. The Morgan fingerprint density at radius 2 is 1.77 bits per heavy atom. The second kappa shape index (κ2) is 9.27. The summed E-state index contributed by atoms with van der Waals surface area (Å²) in [6, 6.07) is 9.61. The Morgan fingerprint density at radius 3 is 2.37 bits per heavy atom. The van der Waals surface area contributed by atoms with Gasteiger partial charge in [-0.3, -0.25) is 0 Å². The van der Waals surface area contributed by atoms with E-state index in [1.165, 1.54) is 12.1 Å². The highest BCUT2D eigenvalue weighted by atomic mass is 32.2. The molecule has 4 rings (SSSR count). The molecule has 0 bridgehead atoms. The van der Waals surface area contributed by atoms with Crippen LogP contribution in [0.3, 0.4) is 0 Å². The van der Waals surface area contributed by atoms with Crippen LogP contribution in [0.2, 0.25) is 0 Å². The Kier molecular flexibility index (Phi) is 6.67. The third kappa shape index (κ3) is 5.20. The van der Waals surface area contributed by atoms with Crippen molar-refractivity contribution in [2.45, 2.75) is 9.79 Å². The van der Waals surface area contributed by atoms with Crippen molar-refractivity contribution in [3.05, 3.63) is 36.4 Å². The van der Waals surface area contributed by atoms with Gasteiger partial charge < -0.3 is 10.6 Å². The maximum atomic E-state index is 12.9. The van der Waals surface area contributed by atoms with E-state index >= 15 is 0 Å². The molecule has 5 N–H and O–H groups in total. The van der Waals surface area contributed by atoms with Crippen molar-refractivity contribution in [1.29, 1.82) is 0 Å². The van der Waals surface area contributed by atoms with E-state index in [-0.39, 0.29) is 29.4 Å². The molecule has 0 unspecified atom stereocenters. The van der Waals surface area contributed by atoms with Crippen LogP contribution in [0.5, 0.6) is 0 Å². The molecule has 188 valence electrons. The van der Waals surface area contributed by atoms with Gasteiger partial charge in [0.25, 0.3) is 0 Å². The number of tetrazole rings is 1. The number of nitrogens with zero attached hydrogens (tertiary/aromatic N) is 4. The number of aromatic nitrogens is 4. The van der Waals surface area contributed by atoms with Crippen LogP contribution >= 0.6 is 0 Å². The first kappa shape index (κ1) is 25.2. The Bertz CT molecular complexity index is 1560. The summed E-state index contributed by atoms with van der Waals surface area (Å²) in [5.74, 6) is -0.537. The van der Waals surface area contributed by atoms with Gasteiger partial charge in [0.05, 0.1) is 22.2 Å². The third-order valence-electron chi connectivity index (χ3n) is 5.58. The van der Waals surface area contributed by atoms with Crippen LogP contribution < -0.4 is 15.8 Å². The summed E-state index contributed by atoms with van der Waals surface area (Å²) >= 11 is 0. The van der Waals surface area contributed by atoms with Crippen molar-refractivity contribution < 1.29 is 25.3 Å². The standard InChI is InChI=1S/C19H23N7O6S3/c20-6-9-34(29,30)16-5-4-15(17(18(16)35(21,31)32)19-22-24-25-23-19)13-2-1-3-14(12-13)26-7-10-33(27,28)11-8-26/h1-5,12H,6-11,20H2,(H2,21,31,32)(H,22,23,24,25). The van der Waals surface area contributed by atoms with Gasteiger partial charge in [0, 0.05) is 30.9 Å². The van der Waals surface area contributed by atoms with Gasteiger partial charge >= 0.3 is 0 Å². The lowest BCUT2D eigenvalue weighted by Crippen LogP contribution is -2.40. The van der Waals surface area contributed by atoms with E-state index in [9.17, 15) is 25.3 Å². The molecular formula is C19H23N7O6S3. The molecular weight excluding hydrogens is 518 g/mol. The van der Waals surface area contributed by atoms with Crippen molar-refractivity contribution >= 4 is 35.4 Å². The smallest absolute Gasteiger partial charge is 0.240 e. The van der Waals surface area contributed by atoms with E-state index in [1.54, 1.807) is 24.3 Å². The maximum Gasteiger partial charge on any atom is 0.240 e. The number of aromatic amines is 1. The third-order valence-corrected chi connectivity index (χ3v) is 10.1. The van der Waals surface area contributed by atoms with Crippen molar-refractivity contribution in [1.82, 2.24) is 20.6 Å². The zero-order valence-electron chi connectivity index (χ0n) is 18.3. The van der Waals surface area contributed by atoms with Crippen LogP contribution in [0.4, 0.5) is 5.69 Å². The van der Waals surface area contributed by atoms with Crippen LogP contribution in [-0.2, 0) is 29.7 Å². The first-order valence-electron chi connectivity index (χ1n) is 10.4. The van der Waals surface area contributed by atoms with Gasteiger partial charge in [-0.05, 0) is 39.8 Å². The molecule has 2 aromatic carbocycles. The van der Waals surface area contributed by atoms with Gasteiger partial charge in [-0.25, -0.2) is 35.5 Å². The summed E-state index contributed by atoms with van der Waals surface area (Å²) in [5, 5.41) is 18.8. The number of sulfonamides is 1. The van der Waals surface area contributed by atoms with E-state index < -0.39 is 45.2 Å². The zero-order chi connectivity index (χ0) is 25.4. The van der Waals surface area contributed by atoms with Crippen LogP contribution in [0.15, 0.2) is 46.2 Å². The predicted molar refractivity (Wildman–Crippen MR) is 128 cm³/mol. The molecule has 0 radical (unpaired) electrons. The SMILES string of the molecule is NCCS(=O)(=O)c1ccc(-c2cccc(N3CCS(=O)(=O)CC3)c2)c(-c2nnn[nH]2)c1S(N)(=O)=O. The lowest BCUT2D eigenvalue weighted by molar-refractivity contribution is 0.583. The highest BCUT2D eigenvalue weighted by Crippen LogP contribution is 2.39. The van der Waals surface area contributed by atoms with E-state index in [1.807, 2.05) is 4.90 Å². The second-order valence-corrected chi connectivity index (χ2v) is 13.8. The number of anilines is 1. The number of rotatable bonds is 7. The number of primary sulfonamides is 1. The molecule has 3 aromatic rings. The summed E-state index contributed by atoms with van der Waals surface area (Å²) < 4.78 is 74.8. The van der Waals surface area contributed by atoms with E-state index in [0.29, 0.717) is 24.2 Å². The van der Waals surface area contributed by atoms with E-state index in [2.05, 4.69) is 20.6 Å². The summed E-state index contributed by atoms with van der Waals surface area (Å²) in [4.78, 5) is 0.760. The number of nitrogens with two attached hydrogens (primary N) is 2. The van der Waals surface area contributed by atoms with Crippen molar-refractivity contribution in [3.63, 3.8) is 0 Å². The molecule has 1 fully saturated rings. The van der Waals surface area contributed by atoms with E-state index in [0.717, 1.165) is 5.69 Å². The lowest BCUT2D eigenvalue weighted by atomic mass is 9.98.